The maximum Gasteiger partial charge on any atom is 0.222 e. The van der Waals surface area contributed by atoms with Gasteiger partial charge < -0.3 is 9.47 Å². The lowest BCUT2D eigenvalue weighted by Gasteiger charge is -2.33. The second-order valence-corrected chi connectivity index (χ2v) is 5.89. The Morgan fingerprint density at radius 3 is 3.00 bits per heavy atom. The highest BCUT2D eigenvalue weighted by Gasteiger charge is 2.24. The molecule has 1 atom stereocenters. The molecule has 2 aromatic heterocycles. The lowest BCUT2D eigenvalue weighted by Crippen LogP contribution is -2.40. The van der Waals surface area contributed by atoms with Gasteiger partial charge in [-0.25, -0.2) is 4.98 Å². The zero-order valence-electron chi connectivity index (χ0n) is 13.1. The molecule has 0 aliphatic carbocycles. The minimum atomic E-state index is 0.259. The van der Waals surface area contributed by atoms with E-state index in [1.54, 1.807) is 12.4 Å². The number of aromatic nitrogens is 4. The molecular formula is C16H23N5O. The third-order valence-electron chi connectivity index (χ3n) is 4.36. The zero-order chi connectivity index (χ0) is 15.4. The highest BCUT2D eigenvalue weighted by Crippen LogP contribution is 2.21. The van der Waals surface area contributed by atoms with Crippen molar-refractivity contribution in [2.24, 2.45) is 0 Å². The third kappa shape index (κ3) is 3.37. The summed E-state index contributed by atoms with van der Waals surface area (Å²) in [5.74, 6) is 1.26. The molecule has 1 aliphatic rings. The summed E-state index contributed by atoms with van der Waals surface area (Å²) >= 11 is 0. The second-order valence-electron chi connectivity index (χ2n) is 5.89. The summed E-state index contributed by atoms with van der Waals surface area (Å²) in [4.78, 5) is 18.6. The molecule has 1 amide bonds. The van der Waals surface area contributed by atoms with Crippen LogP contribution >= 0.6 is 0 Å². The van der Waals surface area contributed by atoms with Crippen LogP contribution in [0.25, 0.3) is 0 Å². The molecule has 0 aromatic carbocycles. The van der Waals surface area contributed by atoms with Gasteiger partial charge in [0.05, 0.1) is 6.04 Å². The number of hydrogen-bond donors (Lipinski definition) is 0. The van der Waals surface area contributed by atoms with Crippen molar-refractivity contribution in [3.8, 4) is 0 Å². The van der Waals surface area contributed by atoms with Crippen molar-refractivity contribution in [2.75, 3.05) is 13.1 Å². The maximum absolute atomic E-state index is 12.4. The van der Waals surface area contributed by atoms with Gasteiger partial charge in [0, 0.05) is 50.8 Å². The van der Waals surface area contributed by atoms with Crippen LogP contribution in [-0.2, 0) is 11.3 Å². The first-order valence-corrected chi connectivity index (χ1v) is 7.98. The van der Waals surface area contributed by atoms with E-state index in [2.05, 4.69) is 14.6 Å². The summed E-state index contributed by atoms with van der Waals surface area (Å²) in [7, 11) is 0. The van der Waals surface area contributed by atoms with Gasteiger partial charge >= 0.3 is 0 Å². The van der Waals surface area contributed by atoms with Crippen LogP contribution in [0.1, 0.15) is 37.5 Å². The number of nitrogens with zero attached hydrogens (tertiary/aromatic N) is 5. The number of piperidine rings is 1. The molecule has 0 bridgehead atoms. The molecule has 22 heavy (non-hydrogen) atoms. The van der Waals surface area contributed by atoms with E-state index in [1.807, 2.05) is 35.0 Å². The van der Waals surface area contributed by atoms with E-state index in [0.29, 0.717) is 12.5 Å². The summed E-state index contributed by atoms with van der Waals surface area (Å²) in [6.45, 7) is 4.50. The fourth-order valence-corrected chi connectivity index (χ4v) is 3.09. The van der Waals surface area contributed by atoms with Crippen molar-refractivity contribution in [3.63, 3.8) is 0 Å². The molecule has 0 N–H and O–H groups in total. The Morgan fingerprint density at radius 2 is 2.27 bits per heavy atom. The molecule has 1 fully saturated rings. The predicted octanol–water partition coefficient (Wildman–Crippen LogP) is 2.03. The van der Waals surface area contributed by atoms with Crippen molar-refractivity contribution >= 4 is 5.91 Å². The highest BCUT2D eigenvalue weighted by atomic mass is 16.2. The van der Waals surface area contributed by atoms with Crippen molar-refractivity contribution in [1.82, 2.24) is 24.2 Å². The van der Waals surface area contributed by atoms with Gasteiger partial charge in [-0.2, -0.15) is 5.10 Å². The summed E-state index contributed by atoms with van der Waals surface area (Å²) < 4.78 is 4.07. The number of hydrogen-bond acceptors (Lipinski definition) is 3. The van der Waals surface area contributed by atoms with Crippen LogP contribution in [0.4, 0.5) is 0 Å². The largest absolute Gasteiger partial charge is 0.341 e. The van der Waals surface area contributed by atoms with Gasteiger partial charge in [-0.1, -0.05) is 0 Å². The van der Waals surface area contributed by atoms with Crippen molar-refractivity contribution < 1.29 is 4.79 Å². The number of amides is 1. The van der Waals surface area contributed by atoms with Crippen molar-refractivity contribution in [2.45, 2.75) is 45.2 Å². The molecule has 0 radical (unpaired) electrons. The molecule has 118 valence electrons. The van der Waals surface area contributed by atoms with Crippen molar-refractivity contribution in [1.29, 1.82) is 0 Å². The Bertz CT molecular complexity index is 604. The normalized spacial score (nSPS) is 18.6. The summed E-state index contributed by atoms with van der Waals surface area (Å²) in [5.41, 5.74) is 0. The third-order valence-corrected chi connectivity index (χ3v) is 4.36. The minimum Gasteiger partial charge on any atom is -0.341 e. The van der Waals surface area contributed by atoms with E-state index in [4.69, 9.17) is 0 Å². The summed E-state index contributed by atoms with van der Waals surface area (Å²) in [6, 6.07) is 2.26. The number of rotatable bonds is 5. The molecule has 1 saturated heterocycles. The van der Waals surface area contributed by atoms with Crippen LogP contribution in [0.3, 0.4) is 0 Å². The summed E-state index contributed by atoms with van der Waals surface area (Å²) in [5, 5.41) is 4.31. The van der Waals surface area contributed by atoms with Crippen LogP contribution < -0.4 is 0 Å². The van der Waals surface area contributed by atoms with Gasteiger partial charge in [0.25, 0.3) is 0 Å². The monoisotopic (exact) mass is 301 g/mol. The SMILES string of the molecule is Cc1nccn1CCCC(=O)N1CCC[C@H](n2cccn2)C1. The molecule has 0 spiro atoms. The van der Waals surface area contributed by atoms with E-state index >= 15 is 0 Å². The standard InChI is InChI=1S/C16H23N5O/c1-14-17-8-12-19(14)9-3-6-16(22)20-10-2-5-15(13-20)21-11-4-7-18-21/h4,7-8,11-12,15H,2-3,5-6,9-10,13H2,1H3/t15-/m0/s1. The molecule has 3 heterocycles. The van der Waals surface area contributed by atoms with Gasteiger partial charge in [0.1, 0.15) is 5.82 Å². The van der Waals surface area contributed by atoms with E-state index < -0.39 is 0 Å². The van der Waals surface area contributed by atoms with Gasteiger partial charge in [0.2, 0.25) is 5.91 Å². The first kappa shape index (κ1) is 14.8. The van der Waals surface area contributed by atoms with Crippen LogP contribution in [0, 0.1) is 6.92 Å². The molecule has 2 aromatic rings. The molecule has 0 saturated carbocycles. The Kier molecular flexibility index (Phi) is 4.56. The van der Waals surface area contributed by atoms with Crippen LogP contribution in [-0.4, -0.2) is 43.2 Å². The Balaban J connectivity index is 1.48. The minimum absolute atomic E-state index is 0.259. The molecular weight excluding hydrogens is 278 g/mol. The quantitative estimate of drug-likeness (QED) is 0.849. The molecule has 3 rings (SSSR count). The van der Waals surface area contributed by atoms with E-state index in [9.17, 15) is 4.79 Å². The highest BCUT2D eigenvalue weighted by molar-refractivity contribution is 5.76. The number of aryl methyl sites for hydroxylation is 2. The lowest BCUT2D eigenvalue weighted by atomic mass is 10.1. The average Bonchev–Trinajstić information content (AvgIpc) is 3.20. The number of likely N-dealkylation sites (tertiary alicyclic amines) is 1. The first-order valence-electron chi connectivity index (χ1n) is 7.98. The molecule has 1 aliphatic heterocycles. The van der Waals surface area contributed by atoms with Crippen LogP contribution in [0.5, 0.6) is 0 Å². The zero-order valence-corrected chi connectivity index (χ0v) is 13.1. The predicted molar refractivity (Wildman–Crippen MR) is 83.3 cm³/mol. The van der Waals surface area contributed by atoms with Gasteiger partial charge in [-0.05, 0) is 32.3 Å². The van der Waals surface area contributed by atoms with Crippen LogP contribution in [0.15, 0.2) is 30.9 Å². The van der Waals surface area contributed by atoms with Crippen molar-refractivity contribution in [3.05, 3.63) is 36.7 Å². The lowest BCUT2D eigenvalue weighted by molar-refractivity contribution is -0.133. The molecule has 6 nitrogen and oxygen atoms in total. The molecule has 6 heteroatoms. The van der Waals surface area contributed by atoms with E-state index in [-0.39, 0.29) is 5.91 Å². The first-order chi connectivity index (χ1) is 10.7. The van der Waals surface area contributed by atoms with Gasteiger partial charge in [-0.3, -0.25) is 9.48 Å². The van der Waals surface area contributed by atoms with E-state index in [0.717, 1.165) is 44.7 Å². The smallest absolute Gasteiger partial charge is 0.222 e. The second kappa shape index (κ2) is 6.77. The Morgan fingerprint density at radius 1 is 1.36 bits per heavy atom. The topological polar surface area (TPSA) is 56.0 Å². The van der Waals surface area contributed by atoms with E-state index in [1.165, 1.54) is 0 Å². The number of carbonyl (C=O) groups excluding carboxylic acids is 1. The Hall–Kier alpha value is -2.11. The fraction of sp³-hybridized carbons (Fsp3) is 0.562. The van der Waals surface area contributed by atoms with Crippen LogP contribution in [0.2, 0.25) is 0 Å². The van der Waals surface area contributed by atoms with Gasteiger partial charge in [-0.15, -0.1) is 0 Å². The fourth-order valence-electron chi connectivity index (χ4n) is 3.09. The summed E-state index contributed by atoms with van der Waals surface area (Å²) in [6.07, 6.45) is 11.2. The number of carbonyl (C=O) groups is 1. The number of imidazole rings is 1. The average molecular weight is 301 g/mol. The molecule has 0 unspecified atom stereocenters. The maximum atomic E-state index is 12.4. The van der Waals surface area contributed by atoms with Gasteiger partial charge in [0.15, 0.2) is 0 Å². The Labute approximate surface area is 130 Å².